The molecule has 0 fully saturated rings. The Morgan fingerprint density at radius 1 is 0.909 bits per heavy atom. The lowest BCUT2D eigenvalue weighted by Gasteiger charge is -2.07. The molecule has 0 aliphatic heterocycles. The summed E-state index contributed by atoms with van der Waals surface area (Å²) in [5.41, 5.74) is 0.342. The molecule has 0 aliphatic rings. The summed E-state index contributed by atoms with van der Waals surface area (Å²) < 4.78 is 65.5. The predicted molar refractivity (Wildman–Crippen MR) is 72.7 cm³/mol. The van der Waals surface area contributed by atoms with Gasteiger partial charge in [0.05, 0.1) is 11.3 Å². The average Bonchev–Trinajstić information content (AvgIpc) is 2.46. The zero-order valence-corrected chi connectivity index (χ0v) is 12.2. The molecular formula is C15H14F5NO. The number of allylic oxidation sites excluding steroid dienone is 4. The van der Waals surface area contributed by atoms with Crippen molar-refractivity contribution < 1.29 is 26.8 Å². The Kier molecular flexibility index (Phi) is 6.27. The van der Waals surface area contributed by atoms with Crippen molar-refractivity contribution in [1.29, 1.82) is 0 Å². The molecule has 0 aromatic heterocycles. The molecule has 0 unspecified atom stereocenters. The Balaban J connectivity index is 2.86. The van der Waals surface area contributed by atoms with Gasteiger partial charge in [-0.3, -0.25) is 0 Å². The maximum atomic E-state index is 13.3. The van der Waals surface area contributed by atoms with Gasteiger partial charge in [0, 0.05) is 0 Å². The van der Waals surface area contributed by atoms with E-state index >= 15 is 0 Å². The molecular weight excluding hydrogens is 305 g/mol. The fourth-order valence-electron chi connectivity index (χ4n) is 1.39. The molecule has 0 bridgehead atoms. The van der Waals surface area contributed by atoms with Crippen molar-refractivity contribution in [2.75, 3.05) is 0 Å². The van der Waals surface area contributed by atoms with Crippen LogP contribution in [0.1, 0.15) is 26.3 Å². The van der Waals surface area contributed by atoms with Crippen LogP contribution < -0.4 is 0 Å². The molecule has 7 heteroatoms. The third-order valence-electron chi connectivity index (χ3n) is 2.49. The highest BCUT2D eigenvalue weighted by atomic mass is 19.2. The minimum absolute atomic E-state index is 0.362. The van der Waals surface area contributed by atoms with Gasteiger partial charge >= 0.3 is 0 Å². The molecule has 0 radical (unpaired) electrons. The monoisotopic (exact) mass is 319 g/mol. The SMILES string of the molecule is CC(C)=C/C=C/C(C)=N\OCc1c(F)c(F)c(F)c(F)c1F. The van der Waals surface area contributed by atoms with E-state index in [4.69, 9.17) is 0 Å². The normalized spacial score (nSPS) is 11.9. The van der Waals surface area contributed by atoms with E-state index in [0.29, 0.717) is 5.71 Å². The molecule has 1 aromatic rings. The topological polar surface area (TPSA) is 21.6 Å². The first kappa shape index (κ1) is 17.9. The number of halogens is 5. The molecule has 2 nitrogen and oxygen atoms in total. The largest absolute Gasteiger partial charge is 0.390 e. The Labute approximate surface area is 124 Å². The first-order valence-corrected chi connectivity index (χ1v) is 6.24. The molecule has 0 heterocycles. The quantitative estimate of drug-likeness (QED) is 0.191. The molecule has 120 valence electrons. The molecule has 1 aromatic carbocycles. The number of oxime groups is 1. The third-order valence-corrected chi connectivity index (χ3v) is 2.49. The van der Waals surface area contributed by atoms with Gasteiger partial charge in [-0.15, -0.1) is 0 Å². The van der Waals surface area contributed by atoms with Crippen LogP contribution in [0.2, 0.25) is 0 Å². The van der Waals surface area contributed by atoms with Crippen LogP contribution in [-0.2, 0) is 11.4 Å². The standard InChI is InChI=1S/C15H14F5NO/c1-8(2)5-4-6-9(3)21-22-7-10-11(16)13(18)15(20)14(19)12(10)17/h4-6H,7H2,1-3H3/b6-4+,21-9-. The van der Waals surface area contributed by atoms with E-state index in [1.165, 1.54) is 0 Å². The first-order valence-electron chi connectivity index (χ1n) is 6.24. The van der Waals surface area contributed by atoms with E-state index in [0.717, 1.165) is 5.57 Å². The van der Waals surface area contributed by atoms with Crippen molar-refractivity contribution in [1.82, 2.24) is 0 Å². The molecule has 1 rings (SSSR count). The maximum Gasteiger partial charge on any atom is 0.200 e. The smallest absolute Gasteiger partial charge is 0.200 e. The molecule has 22 heavy (non-hydrogen) atoms. The second-order valence-electron chi connectivity index (χ2n) is 4.66. The second-order valence-corrected chi connectivity index (χ2v) is 4.66. The number of benzene rings is 1. The highest BCUT2D eigenvalue weighted by Gasteiger charge is 2.25. The third kappa shape index (κ3) is 4.41. The van der Waals surface area contributed by atoms with Gasteiger partial charge in [0.1, 0.15) is 6.61 Å². The summed E-state index contributed by atoms with van der Waals surface area (Å²) in [5, 5.41) is 3.51. The van der Waals surface area contributed by atoms with Crippen LogP contribution >= 0.6 is 0 Å². The Morgan fingerprint density at radius 3 is 1.91 bits per heavy atom. The van der Waals surface area contributed by atoms with Crippen LogP contribution in [0.5, 0.6) is 0 Å². The molecule has 0 spiro atoms. The van der Waals surface area contributed by atoms with Crippen molar-refractivity contribution >= 4 is 5.71 Å². The van der Waals surface area contributed by atoms with Gasteiger partial charge in [-0.2, -0.15) is 0 Å². The van der Waals surface area contributed by atoms with Crippen molar-refractivity contribution in [2.24, 2.45) is 5.16 Å². The van der Waals surface area contributed by atoms with E-state index in [9.17, 15) is 22.0 Å². The summed E-state index contributed by atoms with van der Waals surface area (Å²) in [6.45, 7) is 4.44. The van der Waals surface area contributed by atoms with Gasteiger partial charge in [0.2, 0.25) is 5.82 Å². The average molecular weight is 319 g/mol. The molecule has 0 aliphatic carbocycles. The maximum absolute atomic E-state index is 13.3. The summed E-state index contributed by atoms with van der Waals surface area (Å²) in [4.78, 5) is 4.63. The second kappa shape index (κ2) is 7.72. The Hall–Kier alpha value is -2.18. The van der Waals surface area contributed by atoms with Crippen LogP contribution in [0.25, 0.3) is 0 Å². The van der Waals surface area contributed by atoms with Crippen molar-refractivity contribution in [3.8, 4) is 0 Å². The van der Waals surface area contributed by atoms with Gasteiger partial charge in [-0.05, 0) is 26.8 Å². The fraction of sp³-hybridized carbons (Fsp3) is 0.267. The van der Waals surface area contributed by atoms with E-state index < -0.39 is 41.3 Å². The summed E-state index contributed by atoms with van der Waals surface area (Å²) in [6.07, 6.45) is 5.03. The van der Waals surface area contributed by atoms with Gasteiger partial charge in [0.15, 0.2) is 23.3 Å². The fourth-order valence-corrected chi connectivity index (χ4v) is 1.39. The van der Waals surface area contributed by atoms with Gasteiger partial charge in [-0.1, -0.05) is 22.9 Å². The highest BCUT2D eigenvalue weighted by molar-refractivity contribution is 5.92. The minimum Gasteiger partial charge on any atom is -0.390 e. The number of nitrogens with zero attached hydrogens (tertiary/aromatic N) is 1. The van der Waals surface area contributed by atoms with Crippen LogP contribution in [-0.4, -0.2) is 5.71 Å². The Bertz CT molecular complexity index is 617. The van der Waals surface area contributed by atoms with E-state index in [2.05, 4.69) is 9.99 Å². The van der Waals surface area contributed by atoms with Gasteiger partial charge < -0.3 is 4.84 Å². The molecule has 0 atom stereocenters. The van der Waals surface area contributed by atoms with Crippen LogP contribution in [0.4, 0.5) is 22.0 Å². The molecule has 0 N–H and O–H groups in total. The highest BCUT2D eigenvalue weighted by Crippen LogP contribution is 2.23. The van der Waals surface area contributed by atoms with Crippen molar-refractivity contribution in [3.05, 3.63) is 58.5 Å². The van der Waals surface area contributed by atoms with Crippen LogP contribution in [0, 0.1) is 29.1 Å². The lowest BCUT2D eigenvalue weighted by molar-refractivity contribution is 0.123. The summed E-state index contributed by atoms with van der Waals surface area (Å²) in [6, 6.07) is 0. The number of rotatable bonds is 5. The molecule has 0 saturated heterocycles. The summed E-state index contributed by atoms with van der Waals surface area (Å²) in [7, 11) is 0. The van der Waals surface area contributed by atoms with Gasteiger partial charge in [-0.25, -0.2) is 22.0 Å². The summed E-state index contributed by atoms with van der Waals surface area (Å²) in [5.74, 6) is -10.1. The molecule has 0 amide bonds. The van der Waals surface area contributed by atoms with Gasteiger partial charge in [0.25, 0.3) is 0 Å². The Morgan fingerprint density at radius 2 is 1.41 bits per heavy atom. The van der Waals surface area contributed by atoms with E-state index in [-0.39, 0.29) is 0 Å². The lowest BCUT2D eigenvalue weighted by Crippen LogP contribution is -2.08. The number of hydrogen-bond acceptors (Lipinski definition) is 2. The van der Waals surface area contributed by atoms with E-state index in [1.54, 1.807) is 25.2 Å². The molecule has 0 saturated carbocycles. The minimum atomic E-state index is -2.21. The zero-order chi connectivity index (χ0) is 16.9. The number of hydrogen-bond donors (Lipinski definition) is 0. The first-order chi connectivity index (χ1) is 10.3. The lowest BCUT2D eigenvalue weighted by atomic mass is 10.2. The van der Waals surface area contributed by atoms with Crippen molar-refractivity contribution in [3.63, 3.8) is 0 Å². The van der Waals surface area contributed by atoms with Crippen molar-refractivity contribution in [2.45, 2.75) is 27.4 Å². The van der Waals surface area contributed by atoms with E-state index in [1.807, 2.05) is 13.8 Å². The van der Waals surface area contributed by atoms with Crippen LogP contribution in [0.3, 0.4) is 0 Å². The van der Waals surface area contributed by atoms with Crippen LogP contribution in [0.15, 0.2) is 29.0 Å². The summed E-state index contributed by atoms with van der Waals surface area (Å²) >= 11 is 0. The zero-order valence-electron chi connectivity index (χ0n) is 12.2. The predicted octanol–water partition coefficient (Wildman–Crippen LogP) is 4.80.